The number of rotatable bonds is 6. The monoisotopic (exact) mass is 249 g/mol. The minimum absolute atomic E-state index is 0.0863. The first kappa shape index (κ1) is 14.5. The molecule has 0 unspecified atom stereocenters. The van der Waals surface area contributed by atoms with Gasteiger partial charge in [-0.3, -0.25) is 9.78 Å². The molecule has 1 aromatic rings. The minimum atomic E-state index is -0.0863. The highest BCUT2D eigenvalue weighted by atomic mass is 16.1. The summed E-state index contributed by atoms with van der Waals surface area (Å²) in [5, 5.41) is 2.91. The van der Waals surface area contributed by atoms with Crippen LogP contribution in [-0.2, 0) is 0 Å². The second-order valence-corrected chi connectivity index (χ2v) is 5.05. The van der Waals surface area contributed by atoms with Crippen molar-refractivity contribution in [1.29, 1.82) is 0 Å². The SMILES string of the molecule is Cc1ncc(N)cc1C(=O)NCCCCC(C)C. The van der Waals surface area contributed by atoms with Gasteiger partial charge < -0.3 is 11.1 Å². The number of hydrogen-bond donors (Lipinski definition) is 2. The van der Waals surface area contributed by atoms with Crippen molar-refractivity contribution in [3.05, 3.63) is 23.5 Å². The van der Waals surface area contributed by atoms with Crippen molar-refractivity contribution in [2.75, 3.05) is 12.3 Å². The third-order valence-corrected chi connectivity index (χ3v) is 2.85. The van der Waals surface area contributed by atoms with Crippen LogP contribution < -0.4 is 11.1 Å². The molecule has 0 aromatic carbocycles. The Labute approximate surface area is 109 Å². The number of hydrogen-bond acceptors (Lipinski definition) is 3. The fourth-order valence-electron chi connectivity index (χ4n) is 1.75. The van der Waals surface area contributed by atoms with Crippen molar-refractivity contribution in [3.63, 3.8) is 0 Å². The zero-order valence-corrected chi connectivity index (χ0v) is 11.5. The number of anilines is 1. The Kier molecular flexibility index (Phi) is 5.62. The Hall–Kier alpha value is -1.58. The summed E-state index contributed by atoms with van der Waals surface area (Å²) in [4.78, 5) is 16.0. The summed E-state index contributed by atoms with van der Waals surface area (Å²) in [7, 11) is 0. The zero-order chi connectivity index (χ0) is 13.5. The molecule has 1 aromatic heterocycles. The molecule has 0 saturated heterocycles. The molecule has 0 bridgehead atoms. The summed E-state index contributed by atoms with van der Waals surface area (Å²) < 4.78 is 0. The number of nitrogen functional groups attached to an aromatic ring is 1. The summed E-state index contributed by atoms with van der Waals surface area (Å²) in [6.45, 7) is 6.94. The van der Waals surface area contributed by atoms with Crippen LogP contribution in [0.25, 0.3) is 0 Å². The summed E-state index contributed by atoms with van der Waals surface area (Å²) in [6.07, 6.45) is 4.92. The van der Waals surface area contributed by atoms with Crippen molar-refractivity contribution in [2.45, 2.75) is 40.0 Å². The van der Waals surface area contributed by atoms with Crippen molar-refractivity contribution in [3.8, 4) is 0 Å². The number of pyridine rings is 1. The average Bonchev–Trinajstić information content (AvgIpc) is 2.31. The first-order chi connectivity index (χ1) is 8.50. The lowest BCUT2D eigenvalue weighted by Gasteiger charge is -2.08. The molecule has 4 heteroatoms. The number of amides is 1. The van der Waals surface area contributed by atoms with E-state index in [0.717, 1.165) is 18.8 Å². The van der Waals surface area contributed by atoms with Crippen LogP contribution in [0.1, 0.15) is 49.2 Å². The van der Waals surface area contributed by atoms with Gasteiger partial charge in [0.05, 0.1) is 23.1 Å². The summed E-state index contributed by atoms with van der Waals surface area (Å²) in [5.74, 6) is 0.637. The van der Waals surface area contributed by atoms with Gasteiger partial charge in [-0.1, -0.05) is 26.7 Å². The molecule has 4 nitrogen and oxygen atoms in total. The van der Waals surface area contributed by atoms with Gasteiger partial charge in [-0.25, -0.2) is 0 Å². The van der Waals surface area contributed by atoms with Crippen LogP contribution in [-0.4, -0.2) is 17.4 Å². The van der Waals surface area contributed by atoms with Gasteiger partial charge in [0.25, 0.3) is 5.91 Å². The van der Waals surface area contributed by atoms with E-state index in [4.69, 9.17) is 5.73 Å². The van der Waals surface area contributed by atoms with Crippen molar-refractivity contribution >= 4 is 11.6 Å². The van der Waals surface area contributed by atoms with E-state index >= 15 is 0 Å². The van der Waals surface area contributed by atoms with Gasteiger partial charge in [0, 0.05) is 6.54 Å². The molecule has 0 atom stereocenters. The smallest absolute Gasteiger partial charge is 0.253 e. The van der Waals surface area contributed by atoms with Crippen molar-refractivity contribution in [1.82, 2.24) is 10.3 Å². The van der Waals surface area contributed by atoms with Gasteiger partial charge in [-0.2, -0.15) is 0 Å². The third-order valence-electron chi connectivity index (χ3n) is 2.85. The molecule has 100 valence electrons. The topological polar surface area (TPSA) is 68.0 Å². The fourth-order valence-corrected chi connectivity index (χ4v) is 1.75. The Morgan fingerprint density at radius 1 is 1.44 bits per heavy atom. The Balaban J connectivity index is 2.39. The quantitative estimate of drug-likeness (QED) is 0.761. The molecule has 18 heavy (non-hydrogen) atoms. The number of nitrogens with two attached hydrogens (primary N) is 1. The van der Waals surface area contributed by atoms with Crippen LogP contribution >= 0.6 is 0 Å². The number of aryl methyl sites for hydroxylation is 1. The molecule has 3 N–H and O–H groups in total. The van der Waals surface area contributed by atoms with Gasteiger partial charge in [0.15, 0.2) is 0 Å². The zero-order valence-electron chi connectivity index (χ0n) is 11.5. The molecule has 1 amide bonds. The van der Waals surface area contributed by atoms with Gasteiger partial charge in [-0.15, -0.1) is 0 Å². The van der Waals surface area contributed by atoms with E-state index in [1.54, 1.807) is 12.3 Å². The maximum absolute atomic E-state index is 11.9. The maximum Gasteiger partial charge on any atom is 0.253 e. The maximum atomic E-state index is 11.9. The first-order valence-corrected chi connectivity index (χ1v) is 6.51. The van der Waals surface area contributed by atoms with E-state index in [1.165, 1.54) is 6.42 Å². The largest absolute Gasteiger partial charge is 0.397 e. The molecule has 0 radical (unpaired) electrons. The molecular weight excluding hydrogens is 226 g/mol. The van der Waals surface area contributed by atoms with Crippen LogP contribution in [0.3, 0.4) is 0 Å². The standard InChI is InChI=1S/C14H23N3O/c1-10(2)6-4-5-7-16-14(18)13-8-12(15)9-17-11(13)3/h8-10H,4-7,15H2,1-3H3,(H,16,18). The predicted molar refractivity (Wildman–Crippen MR) is 74.4 cm³/mol. The van der Waals surface area contributed by atoms with Crippen LogP contribution in [0.2, 0.25) is 0 Å². The summed E-state index contributed by atoms with van der Waals surface area (Å²) in [6, 6.07) is 1.67. The van der Waals surface area contributed by atoms with E-state index in [9.17, 15) is 4.79 Å². The lowest BCUT2D eigenvalue weighted by molar-refractivity contribution is 0.0952. The van der Waals surface area contributed by atoms with Gasteiger partial charge in [0.1, 0.15) is 0 Å². The van der Waals surface area contributed by atoms with E-state index in [2.05, 4.69) is 24.1 Å². The Morgan fingerprint density at radius 3 is 2.83 bits per heavy atom. The molecular formula is C14H23N3O. The third kappa shape index (κ3) is 4.73. The second kappa shape index (κ2) is 6.99. The highest BCUT2D eigenvalue weighted by Gasteiger charge is 2.09. The van der Waals surface area contributed by atoms with Gasteiger partial charge in [-0.05, 0) is 25.3 Å². The molecule has 0 spiro atoms. The normalized spacial score (nSPS) is 10.7. The summed E-state index contributed by atoms with van der Waals surface area (Å²) >= 11 is 0. The predicted octanol–water partition coefficient (Wildman–Crippen LogP) is 2.53. The molecule has 0 aliphatic rings. The Morgan fingerprint density at radius 2 is 2.17 bits per heavy atom. The van der Waals surface area contributed by atoms with Gasteiger partial charge in [0.2, 0.25) is 0 Å². The fraction of sp³-hybridized carbons (Fsp3) is 0.571. The van der Waals surface area contributed by atoms with Crippen LogP contribution in [0.15, 0.2) is 12.3 Å². The van der Waals surface area contributed by atoms with Crippen LogP contribution in [0.4, 0.5) is 5.69 Å². The molecule has 0 aliphatic carbocycles. The first-order valence-electron chi connectivity index (χ1n) is 6.51. The molecule has 0 saturated carbocycles. The highest BCUT2D eigenvalue weighted by Crippen LogP contribution is 2.09. The van der Waals surface area contributed by atoms with E-state index < -0.39 is 0 Å². The van der Waals surface area contributed by atoms with Gasteiger partial charge >= 0.3 is 0 Å². The second-order valence-electron chi connectivity index (χ2n) is 5.05. The molecule has 1 rings (SSSR count). The molecule has 0 fully saturated rings. The number of carbonyl (C=O) groups excluding carboxylic acids is 1. The van der Waals surface area contributed by atoms with E-state index in [0.29, 0.717) is 23.5 Å². The van der Waals surface area contributed by atoms with Crippen molar-refractivity contribution in [2.24, 2.45) is 5.92 Å². The minimum Gasteiger partial charge on any atom is -0.397 e. The summed E-state index contributed by atoms with van der Waals surface area (Å²) in [5.41, 5.74) is 7.43. The highest BCUT2D eigenvalue weighted by molar-refractivity contribution is 5.95. The van der Waals surface area contributed by atoms with Crippen LogP contribution in [0.5, 0.6) is 0 Å². The number of nitrogens with zero attached hydrogens (tertiary/aromatic N) is 1. The van der Waals surface area contributed by atoms with E-state index in [-0.39, 0.29) is 5.91 Å². The lowest BCUT2D eigenvalue weighted by Crippen LogP contribution is -2.25. The lowest BCUT2D eigenvalue weighted by atomic mass is 10.1. The number of carbonyl (C=O) groups is 1. The average molecular weight is 249 g/mol. The van der Waals surface area contributed by atoms with E-state index in [1.807, 2.05) is 6.92 Å². The van der Waals surface area contributed by atoms with Crippen molar-refractivity contribution < 1.29 is 4.79 Å². The number of unbranched alkanes of at least 4 members (excludes halogenated alkanes) is 1. The van der Waals surface area contributed by atoms with Crippen LogP contribution in [0, 0.1) is 12.8 Å². The Bertz CT molecular complexity index is 402. The number of aromatic nitrogens is 1. The molecule has 0 aliphatic heterocycles. The number of nitrogens with one attached hydrogen (secondary N) is 1. The molecule has 1 heterocycles.